The van der Waals surface area contributed by atoms with Crippen LogP contribution in [0.2, 0.25) is 0 Å². The van der Waals surface area contributed by atoms with Crippen molar-refractivity contribution in [3.8, 4) is 0 Å². The van der Waals surface area contributed by atoms with Crippen LogP contribution in [0.15, 0.2) is 34.1 Å². The fourth-order valence-electron chi connectivity index (χ4n) is 1.84. The number of aryl methyl sites for hydroxylation is 2. The summed E-state index contributed by atoms with van der Waals surface area (Å²) in [7, 11) is 0. The maximum absolute atomic E-state index is 12.0. The summed E-state index contributed by atoms with van der Waals surface area (Å²) in [5.74, 6) is 0.0247. The minimum atomic E-state index is -0.275. The van der Waals surface area contributed by atoms with Gasteiger partial charge in [-0.1, -0.05) is 11.6 Å². The molecule has 0 bridgehead atoms. The second kappa shape index (κ2) is 4.51. The number of benzene rings is 1. The number of rotatable bonds is 2. The van der Waals surface area contributed by atoms with E-state index in [0.717, 1.165) is 16.6 Å². The number of hydrogen-bond acceptors (Lipinski definition) is 4. The zero-order chi connectivity index (χ0) is 13.4. The number of thiazole rings is 1. The molecular formula is C14H12N2O2S. The van der Waals surface area contributed by atoms with Crippen LogP contribution < -0.4 is 5.32 Å². The van der Waals surface area contributed by atoms with Gasteiger partial charge < -0.3 is 4.42 Å². The molecule has 0 aliphatic heterocycles. The molecule has 3 aromatic rings. The molecule has 0 aliphatic carbocycles. The third-order valence-corrected chi connectivity index (χ3v) is 3.61. The van der Waals surface area contributed by atoms with E-state index >= 15 is 0 Å². The lowest BCUT2D eigenvalue weighted by Crippen LogP contribution is -2.10. The van der Waals surface area contributed by atoms with E-state index in [4.69, 9.17) is 4.42 Å². The molecule has 3 rings (SSSR count). The third kappa shape index (κ3) is 2.37. The molecule has 2 heterocycles. The molecule has 1 amide bonds. The van der Waals surface area contributed by atoms with Gasteiger partial charge in [0.05, 0.1) is 5.69 Å². The Morgan fingerprint density at radius 1 is 1.32 bits per heavy atom. The van der Waals surface area contributed by atoms with Crippen LogP contribution in [0.4, 0.5) is 5.13 Å². The summed E-state index contributed by atoms with van der Waals surface area (Å²) in [6.07, 6.45) is 0. The monoisotopic (exact) mass is 272 g/mol. The van der Waals surface area contributed by atoms with E-state index in [1.165, 1.54) is 11.3 Å². The molecule has 0 spiro atoms. The van der Waals surface area contributed by atoms with Crippen molar-refractivity contribution in [2.45, 2.75) is 13.8 Å². The summed E-state index contributed by atoms with van der Waals surface area (Å²) in [5, 5.41) is 6.13. The highest BCUT2D eigenvalue weighted by molar-refractivity contribution is 7.13. The summed E-state index contributed by atoms with van der Waals surface area (Å²) < 4.78 is 5.53. The molecule has 0 saturated heterocycles. The van der Waals surface area contributed by atoms with Gasteiger partial charge in [-0.3, -0.25) is 10.1 Å². The van der Waals surface area contributed by atoms with E-state index in [9.17, 15) is 4.79 Å². The van der Waals surface area contributed by atoms with Crippen LogP contribution in [0, 0.1) is 13.8 Å². The number of hydrogen-bond donors (Lipinski definition) is 1. The lowest BCUT2D eigenvalue weighted by Gasteiger charge is -1.96. The van der Waals surface area contributed by atoms with Gasteiger partial charge in [0.15, 0.2) is 10.9 Å². The van der Waals surface area contributed by atoms with Crippen molar-refractivity contribution < 1.29 is 9.21 Å². The largest absolute Gasteiger partial charge is 0.451 e. The number of furan rings is 1. The lowest BCUT2D eigenvalue weighted by atomic mass is 10.2. The zero-order valence-corrected chi connectivity index (χ0v) is 11.4. The second-order valence-electron chi connectivity index (χ2n) is 4.40. The van der Waals surface area contributed by atoms with Gasteiger partial charge in [-0.2, -0.15) is 0 Å². The average molecular weight is 272 g/mol. The number of aromatic nitrogens is 1. The van der Waals surface area contributed by atoms with Crippen LogP contribution >= 0.6 is 11.3 Å². The first kappa shape index (κ1) is 11.9. The average Bonchev–Trinajstić information content (AvgIpc) is 2.95. The SMILES string of the molecule is Cc1ccc2oc(C(=O)Nc3nc(C)cs3)cc2c1. The van der Waals surface area contributed by atoms with E-state index in [1.807, 2.05) is 37.4 Å². The molecule has 4 nitrogen and oxygen atoms in total. The Labute approximate surface area is 114 Å². The molecule has 0 radical (unpaired) electrons. The molecule has 0 saturated carbocycles. The standard InChI is InChI=1S/C14H12N2O2S/c1-8-3-4-11-10(5-8)6-12(18-11)13(17)16-14-15-9(2)7-19-14/h3-7H,1-2H3,(H,15,16,17). The third-order valence-electron chi connectivity index (χ3n) is 2.74. The van der Waals surface area contributed by atoms with Crippen molar-refractivity contribution in [3.63, 3.8) is 0 Å². The topological polar surface area (TPSA) is 55.1 Å². The molecule has 0 aliphatic rings. The van der Waals surface area contributed by atoms with Gasteiger partial charge in [-0.25, -0.2) is 4.98 Å². The van der Waals surface area contributed by atoms with Gasteiger partial charge in [0.2, 0.25) is 0 Å². The minimum absolute atomic E-state index is 0.275. The Morgan fingerprint density at radius 2 is 2.16 bits per heavy atom. The molecule has 0 atom stereocenters. The normalized spacial score (nSPS) is 10.8. The minimum Gasteiger partial charge on any atom is -0.451 e. The predicted molar refractivity (Wildman–Crippen MR) is 75.8 cm³/mol. The van der Waals surface area contributed by atoms with Crippen LogP contribution in [-0.2, 0) is 0 Å². The molecule has 0 fully saturated rings. The number of amides is 1. The highest BCUT2D eigenvalue weighted by atomic mass is 32.1. The maximum atomic E-state index is 12.0. The summed E-state index contributed by atoms with van der Waals surface area (Å²) in [6.45, 7) is 3.89. The highest BCUT2D eigenvalue weighted by Gasteiger charge is 2.13. The first-order valence-corrected chi connectivity index (χ1v) is 6.73. The molecule has 5 heteroatoms. The first-order chi connectivity index (χ1) is 9.11. The second-order valence-corrected chi connectivity index (χ2v) is 5.26. The summed E-state index contributed by atoms with van der Waals surface area (Å²) in [6, 6.07) is 7.56. The van der Waals surface area contributed by atoms with Crippen molar-refractivity contribution in [2.24, 2.45) is 0 Å². The molecule has 1 N–H and O–H groups in total. The van der Waals surface area contributed by atoms with Crippen LogP contribution in [0.1, 0.15) is 21.8 Å². The Kier molecular flexibility index (Phi) is 2.83. The van der Waals surface area contributed by atoms with E-state index in [1.54, 1.807) is 6.07 Å². The van der Waals surface area contributed by atoms with Crippen LogP contribution in [0.3, 0.4) is 0 Å². The molecule has 19 heavy (non-hydrogen) atoms. The van der Waals surface area contributed by atoms with Crippen LogP contribution in [0.5, 0.6) is 0 Å². The van der Waals surface area contributed by atoms with E-state index < -0.39 is 0 Å². The number of fused-ring (bicyclic) bond motifs is 1. The Bertz CT molecular complexity index is 758. The number of anilines is 1. The molecule has 0 unspecified atom stereocenters. The fourth-order valence-corrected chi connectivity index (χ4v) is 2.53. The van der Waals surface area contributed by atoms with Crippen LogP contribution in [0.25, 0.3) is 11.0 Å². The van der Waals surface area contributed by atoms with Gasteiger partial charge in [-0.15, -0.1) is 11.3 Å². The molecular weight excluding hydrogens is 260 g/mol. The van der Waals surface area contributed by atoms with E-state index in [0.29, 0.717) is 16.5 Å². The summed E-state index contributed by atoms with van der Waals surface area (Å²) in [5.41, 5.74) is 2.74. The number of nitrogens with one attached hydrogen (secondary N) is 1. The van der Waals surface area contributed by atoms with Crippen molar-refractivity contribution in [3.05, 3.63) is 46.7 Å². The van der Waals surface area contributed by atoms with Gasteiger partial charge in [0.1, 0.15) is 5.58 Å². The van der Waals surface area contributed by atoms with Gasteiger partial charge in [-0.05, 0) is 32.0 Å². The Hall–Kier alpha value is -2.14. The van der Waals surface area contributed by atoms with Crippen molar-refractivity contribution in [1.29, 1.82) is 0 Å². The Balaban J connectivity index is 1.89. The quantitative estimate of drug-likeness (QED) is 0.772. The summed E-state index contributed by atoms with van der Waals surface area (Å²) in [4.78, 5) is 16.2. The van der Waals surface area contributed by atoms with E-state index in [-0.39, 0.29) is 5.91 Å². The molecule has 2 aromatic heterocycles. The van der Waals surface area contributed by atoms with Crippen molar-refractivity contribution in [1.82, 2.24) is 4.98 Å². The zero-order valence-electron chi connectivity index (χ0n) is 10.6. The number of carbonyl (C=O) groups excluding carboxylic acids is 1. The maximum Gasteiger partial charge on any atom is 0.293 e. The number of nitrogens with zero attached hydrogens (tertiary/aromatic N) is 1. The lowest BCUT2D eigenvalue weighted by molar-refractivity contribution is 0.0998. The molecule has 96 valence electrons. The fraction of sp³-hybridized carbons (Fsp3) is 0.143. The smallest absolute Gasteiger partial charge is 0.293 e. The molecule has 1 aromatic carbocycles. The van der Waals surface area contributed by atoms with Crippen LogP contribution in [-0.4, -0.2) is 10.9 Å². The Morgan fingerprint density at radius 3 is 2.89 bits per heavy atom. The van der Waals surface area contributed by atoms with Gasteiger partial charge in [0.25, 0.3) is 5.91 Å². The van der Waals surface area contributed by atoms with Gasteiger partial charge >= 0.3 is 0 Å². The highest BCUT2D eigenvalue weighted by Crippen LogP contribution is 2.22. The van der Waals surface area contributed by atoms with Gasteiger partial charge in [0, 0.05) is 10.8 Å². The van der Waals surface area contributed by atoms with Crippen molar-refractivity contribution in [2.75, 3.05) is 5.32 Å². The van der Waals surface area contributed by atoms with E-state index in [2.05, 4.69) is 10.3 Å². The summed E-state index contributed by atoms with van der Waals surface area (Å²) >= 11 is 1.40. The first-order valence-electron chi connectivity index (χ1n) is 5.85. The number of carbonyl (C=O) groups is 1. The van der Waals surface area contributed by atoms with Crippen molar-refractivity contribution >= 4 is 33.3 Å². The predicted octanol–water partition coefficient (Wildman–Crippen LogP) is 3.76.